The number of amides is 1. The molecule has 0 aromatic heterocycles. The van der Waals surface area contributed by atoms with Gasteiger partial charge in [0.2, 0.25) is 10.0 Å². The average Bonchev–Trinajstić information content (AvgIpc) is 2.38. The molecule has 8 heteroatoms. The Morgan fingerprint density at radius 2 is 2.10 bits per heavy atom. The van der Waals surface area contributed by atoms with Gasteiger partial charge < -0.3 is 9.64 Å². The quantitative estimate of drug-likeness (QED) is 0.813. The van der Waals surface area contributed by atoms with Gasteiger partial charge in [-0.05, 0) is 48.0 Å². The minimum atomic E-state index is -3.85. The van der Waals surface area contributed by atoms with Crippen molar-refractivity contribution in [3.63, 3.8) is 0 Å². The van der Waals surface area contributed by atoms with Crippen LogP contribution < -0.4 is 5.14 Å². The number of carbonyl (C=O) groups excluding carboxylic acids is 1. The SMILES string of the molecule is CCN(C(=O)c1cc(S(N)(=O)=O)ccc1Br)C(C)COC. The van der Waals surface area contributed by atoms with Crippen LogP contribution in [0.4, 0.5) is 0 Å². The smallest absolute Gasteiger partial charge is 0.255 e. The molecule has 0 spiro atoms. The number of nitrogens with two attached hydrogens (primary N) is 1. The Labute approximate surface area is 133 Å². The monoisotopic (exact) mass is 378 g/mol. The van der Waals surface area contributed by atoms with Gasteiger partial charge in [-0.15, -0.1) is 0 Å². The van der Waals surface area contributed by atoms with Crippen LogP contribution in [0.2, 0.25) is 0 Å². The first-order chi connectivity index (χ1) is 9.72. The van der Waals surface area contributed by atoms with Gasteiger partial charge in [0.05, 0.1) is 23.1 Å². The van der Waals surface area contributed by atoms with Crippen molar-refractivity contribution in [1.29, 1.82) is 0 Å². The van der Waals surface area contributed by atoms with Crippen LogP contribution in [0.25, 0.3) is 0 Å². The van der Waals surface area contributed by atoms with Crippen LogP contribution in [0.5, 0.6) is 0 Å². The van der Waals surface area contributed by atoms with E-state index in [4.69, 9.17) is 9.88 Å². The molecule has 1 atom stereocenters. The fourth-order valence-electron chi connectivity index (χ4n) is 1.99. The molecule has 0 saturated heterocycles. The number of benzene rings is 1. The molecule has 1 aromatic rings. The summed E-state index contributed by atoms with van der Waals surface area (Å²) in [6, 6.07) is 4.01. The van der Waals surface area contributed by atoms with Gasteiger partial charge in [-0.25, -0.2) is 13.6 Å². The van der Waals surface area contributed by atoms with Crippen molar-refractivity contribution in [1.82, 2.24) is 4.90 Å². The van der Waals surface area contributed by atoms with Crippen molar-refractivity contribution in [3.05, 3.63) is 28.2 Å². The molecule has 0 aliphatic carbocycles. The fraction of sp³-hybridized carbons (Fsp3) is 0.462. The second kappa shape index (κ2) is 7.35. The molecule has 0 aliphatic heterocycles. The van der Waals surface area contributed by atoms with Crippen LogP contribution in [0.15, 0.2) is 27.6 Å². The minimum absolute atomic E-state index is 0.0931. The van der Waals surface area contributed by atoms with E-state index in [9.17, 15) is 13.2 Å². The molecular weight excluding hydrogens is 360 g/mol. The van der Waals surface area contributed by atoms with Crippen molar-refractivity contribution in [2.45, 2.75) is 24.8 Å². The molecule has 1 rings (SSSR count). The lowest BCUT2D eigenvalue weighted by Gasteiger charge is -2.28. The van der Waals surface area contributed by atoms with Gasteiger partial charge in [0.15, 0.2) is 0 Å². The second-order valence-electron chi connectivity index (χ2n) is 4.58. The maximum absolute atomic E-state index is 12.6. The van der Waals surface area contributed by atoms with E-state index in [1.165, 1.54) is 18.2 Å². The lowest BCUT2D eigenvalue weighted by atomic mass is 10.1. The van der Waals surface area contributed by atoms with Gasteiger partial charge in [0, 0.05) is 18.1 Å². The number of halogens is 1. The molecule has 0 radical (unpaired) electrons. The van der Waals surface area contributed by atoms with Crippen LogP contribution >= 0.6 is 15.9 Å². The number of hydrogen-bond donors (Lipinski definition) is 1. The molecule has 1 amide bonds. The minimum Gasteiger partial charge on any atom is -0.383 e. The van der Waals surface area contributed by atoms with Gasteiger partial charge in [-0.2, -0.15) is 0 Å². The third-order valence-corrected chi connectivity index (χ3v) is 4.64. The largest absolute Gasteiger partial charge is 0.383 e. The zero-order valence-electron chi connectivity index (χ0n) is 12.2. The van der Waals surface area contributed by atoms with Crippen LogP contribution in [0.3, 0.4) is 0 Å². The van der Waals surface area contributed by atoms with E-state index in [0.29, 0.717) is 17.6 Å². The maximum atomic E-state index is 12.6. The molecule has 1 aromatic carbocycles. The van der Waals surface area contributed by atoms with Gasteiger partial charge in [-0.3, -0.25) is 4.79 Å². The Morgan fingerprint density at radius 1 is 1.48 bits per heavy atom. The third-order valence-electron chi connectivity index (χ3n) is 3.04. The lowest BCUT2D eigenvalue weighted by molar-refractivity contribution is 0.0578. The highest BCUT2D eigenvalue weighted by atomic mass is 79.9. The van der Waals surface area contributed by atoms with Crippen molar-refractivity contribution in [2.24, 2.45) is 5.14 Å². The molecule has 2 N–H and O–H groups in total. The summed E-state index contributed by atoms with van der Waals surface area (Å²) in [7, 11) is -2.29. The molecule has 0 fully saturated rings. The van der Waals surface area contributed by atoms with Crippen molar-refractivity contribution >= 4 is 31.9 Å². The molecule has 118 valence electrons. The summed E-state index contributed by atoms with van der Waals surface area (Å²) in [5.74, 6) is -0.278. The molecule has 6 nitrogen and oxygen atoms in total. The molecule has 1 unspecified atom stereocenters. The van der Waals surface area contributed by atoms with Crippen LogP contribution in [-0.4, -0.2) is 45.5 Å². The summed E-state index contributed by atoms with van der Waals surface area (Å²) < 4.78 is 28.4. The Hall–Kier alpha value is -0.960. The van der Waals surface area contributed by atoms with E-state index < -0.39 is 10.0 Å². The standard InChI is InChI=1S/C13H19BrN2O4S/c1-4-16(9(2)8-20-3)13(17)11-7-10(21(15,18)19)5-6-12(11)14/h5-7,9H,4,8H2,1-3H3,(H2,15,18,19). The summed E-state index contributed by atoms with van der Waals surface area (Å²) in [6.45, 7) is 4.59. The molecule has 0 aliphatic rings. The molecular formula is C13H19BrN2O4S. The molecule has 0 bridgehead atoms. The number of likely N-dealkylation sites (N-methyl/N-ethyl adjacent to an activating group) is 1. The van der Waals surface area contributed by atoms with E-state index in [-0.39, 0.29) is 22.4 Å². The summed E-state index contributed by atoms with van der Waals surface area (Å²) >= 11 is 3.27. The van der Waals surface area contributed by atoms with Crippen LogP contribution in [0.1, 0.15) is 24.2 Å². The normalized spacial score (nSPS) is 13.0. The highest BCUT2D eigenvalue weighted by Crippen LogP contribution is 2.22. The Balaban J connectivity index is 3.22. The zero-order chi connectivity index (χ0) is 16.2. The van der Waals surface area contributed by atoms with Gasteiger partial charge in [0.1, 0.15) is 0 Å². The van der Waals surface area contributed by atoms with Crippen molar-refractivity contribution < 1.29 is 17.9 Å². The van der Waals surface area contributed by atoms with E-state index in [1.54, 1.807) is 12.0 Å². The number of ether oxygens (including phenoxy) is 1. The second-order valence-corrected chi connectivity index (χ2v) is 7.00. The first-order valence-corrected chi connectivity index (χ1v) is 8.68. The highest BCUT2D eigenvalue weighted by Gasteiger charge is 2.23. The van der Waals surface area contributed by atoms with Gasteiger partial charge in [0.25, 0.3) is 5.91 Å². The van der Waals surface area contributed by atoms with Crippen LogP contribution in [-0.2, 0) is 14.8 Å². The summed E-state index contributed by atoms with van der Waals surface area (Å²) in [5.41, 5.74) is 0.256. The van der Waals surface area contributed by atoms with Crippen molar-refractivity contribution in [3.8, 4) is 0 Å². The Morgan fingerprint density at radius 3 is 2.57 bits per heavy atom. The summed E-state index contributed by atoms with van der Waals surface area (Å²) in [5, 5.41) is 5.10. The Bertz CT molecular complexity index is 619. The first kappa shape index (κ1) is 18.1. The number of nitrogens with zero attached hydrogens (tertiary/aromatic N) is 1. The first-order valence-electron chi connectivity index (χ1n) is 6.34. The average molecular weight is 379 g/mol. The zero-order valence-corrected chi connectivity index (χ0v) is 14.6. The van der Waals surface area contributed by atoms with Crippen LogP contribution in [0, 0.1) is 0 Å². The van der Waals surface area contributed by atoms with E-state index >= 15 is 0 Å². The molecule has 0 heterocycles. The highest BCUT2D eigenvalue weighted by molar-refractivity contribution is 9.10. The van der Waals surface area contributed by atoms with Gasteiger partial charge >= 0.3 is 0 Å². The predicted molar refractivity (Wildman–Crippen MR) is 83.6 cm³/mol. The van der Waals surface area contributed by atoms with E-state index in [1.807, 2.05) is 13.8 Å². The number of methoxy groups -OCH3 is 1. The topological polar surface area (TPSA) is 89.7 Å². The number of rotatable bonds is 6. The third kappa shape index (κ3) is 4.50. The van der Waals surface area contributed by atoms with Crippen molar-refractivity contribution in [2.75, 3.05) is 20.3 Å². The fourth-order valence-corrected chi connectivity index (χ4v) is 2.94. The number of carbonyl (C=O) groups is 1. The maximum Gasteiger partial charge on any atom is 0.255 e. The molecule has 0 saturated carbocycles. The number of sulfonamides is 1. The molecule has 21 heavy (non-hydrogen) atoms. The summed E-state index contributed by atoms with van der Waals surface area (Å²) in [4.78, 5) is 14.1. The number of primary sulfonamides is 1. The number of hydrogen-bond acceptors (Lipinski definition) is 4. The van der Waals surface area contributed by atoms with E-state index in [2.05, 4.69) is 15.9 Å². The lowest BCUT2D eigenvalue weighted by Crippen LogP contribution is -2.41. The summed E-state index contributed by atoms with van der Waals surface area (Å²) in [6.07, 6.45) is 0. The van der Waals surface area contributed by atoms with Gasteiger partial charge in [-0.1, -0.05) is 0 Å². The van der Waals surface area contributed by atoms with E-state index in [0.717, 1.165) is 0 Å². The Kier molecular flexibility index (Phi) is 6.33. The predicted octanol–water partition coefficient (Wildman–Crippen LogP) is 1.59.